The predicted molar refractivity (Wildman–Crippen MR) is 98.0 cm³/mol. The van der Waals surface area contributed by atoms with E-state index >= 15 is 0 Å². The summed E-state index contributed by atoms with van der Waals surface area (Å²) in [4.78, 5) is 17.2. The van der Waals surface area contributed by atoms with Gasteiger partial charge in [-0.05, 0) is 37.5 Å². The van der Waals surface area contributed by atoms with Gasteiger partial charge in [0.25, 0.3) is 0 Å². The molecular formula is C18H24N4O2S. The van der Waals surface area contributed by atoms with Gasteiger partial charge in [0.15, 0.2) is 0 Å². The first-order valence-electron chi connectivity index (χ1n) is 8.59. The number of aromatic amines is 1. The minimum Gasteiger partial charge on any atom is -0.497 e. The molecule has 1 amide bonds. The number of amides is 1. The summed E-state index contributed by atoms with van der Waals surface area (Å²) in [6.07, 6.45) is 3.98. The molecule has 1 heterocycles. The number of methoxy groups -OCH3 is 1. The number of nitrogens with zero attached hydrogens (tertiary/aromatic N) is 2. The van der Waals surface area contributed by atoms with E-state index in [-0.39, 0.29) is 5.91 Å². The number of hydrogen-bond acceptors (Lipinski definition) is 5. The van der Waals surface area contributed by atoms with Gasteiger partial charge >= 0.3 is 0 Å². The van der Waals surface area contributed by atoms with Crippen LogP contribution in [0.2, 0.25) is 0 Å². The zero-order valence-corrected chi connectivity index (χ0v) is 15.5. The van der Waals surface area contributed by atoms with Crippen LogP contribution in [-0.2, 0) is 10.2 Å². The molecule has 1 saturated carbocycles. The van der Waals surface area contributed by atoms with Crippen LogP contribution in [0.3, 0.4) is 0 Å². The number of aryl methyl sites for hydroxylation is 1. The molecule has 0 saturated heterocycles. The molecule has 0 aliphatic heterocycles. The molecule has 0 bridgehead atoms. The van der Waals surface area contributed by atoms with Crippen molar-refractivity contribution in [2.24, 2.45) is 0 Å². The second-order valence-corrected chi connectivity index (χ2v) is 7.39. The van der Waals surface area contributed by atoms with Crippen molar-refractivity contribution in [1.29, 1.82) is 0 Å². The quantitative estimate of drug-likeness (QED) is 0.586. The van der Waals surface area contributed by atoms with Gasteiger partial charge in [-0.1, -0.05) is 36.7 Å². The molecule has 1 fully saturated rings. The van der Waals surface area contributed by atoms with E-state index in [9.17, 15) is 4.79 Å². The number of ether oxygens (including phenoxy) is 1. The Kier molecular flexibility index (Phi) is 5.63. The van der Waals surface area contributed by atoms with Crippen LogP contribution in [-0.4, -0.2) is 40.5 Å². The number of H-pyrrole nitrogens is 1. The Morgan fingerprint density at radius 1 is 1.32 bits per heavy atom. The number of aromatic nitrogens is 3. The van der Waals surface area contributed by atoms with Crippen LogP contribution >= 0.6 is 11.8 Å². The van der Waals surface area contributed by atoms with Crippen LogP contribution in [0.1, 0.15) is 37.1 Å². The van der Waals surface area contributed by atoms with Gasteiger partial charge in [0.05, 0.1) is 12.5 Å². The second kappa shape index (κ2) is 7.91. The minimum atomic E-state index is -0.405. The Balaban J connectivity index is 1.60. The molecule has 134 valence electrons. The van der Waals surface area contributed by atoms with Crippen LogP contribution in [0.4, 0.5) is 0 Å². The molecule has 25 heavy (non-hydrogen) atoms. The van der Waals surface area contributed by atoms with E-state index in [1.54, 1.807) is 18.9 Å². The van der Waals surface area contributed by atoms with Gasteiger partial charge in [-0.25, -0.2) is 4.98 Å². The lowest BCUT2D eigenvalue weighted by Crippen LogP contribution is -2.43. The normalized spacial score (nSPS) is 15.9. The van der Waals surface area contributed by atoms with E-state index in [1.165, 1.54) is 0 Å². The fraction of sp³-hybridized carbons (Fsp3) is 0.500. The van der Waals surface area contributed by atoms with E-state index in [2.05, 4.69) is 20.5 Å². The highest BCUT2D eigenvalue weighted by molar-refractivity contribution is 7.99. The Labute approximate surface area is 152 Å². The van der Waals surface area contributed by atoms with Gasteiger partial charge in [-0.15, -0.1) is 5.10 Å². The van der Waals surface area contributed by atoms with Crippen LogP contribution in [0, 0.1) is 6.92 Å². The van der Waals surface area contributed by atoms with Crippen molar-refractivity contribution in [2.75, 3.05) is 19.4 Å². The minimum absolute atomic E-state index is 0.127. The zero-order valence-electron chi connectivity index (χ0n) is 14.7. The number of nitrogens with one attached hydrogen (secondary N) is 2. The summed E-state index contributed by atoms with van der Waals surface area (Å²) >= 11 is 1.54. The predicted octanol–water partition coefficient (Wildman–Crippen LogP) is 2.84. The number of hydrogen-bond donors (Lipinski definition) is 2. The summed E-state index contributed by atoms with van der Waals surface area (Å²) in [6, 6.07) is 7.91. The van der Waals surface area contributed by atoms with Gasteiger partial charge in [-0.2, -0.15) is 0 Å². The van der Waals surface area contributed by atoms with Gasteiger partial charge in [-0.3, -0.25) is 9.89 Å². The smallest absolute Gasteiger partial charge is 0.230 e. The molecule has 1 aliphatic rings. The fourth-order valence-electron chi connectivity index (χ4n) is 3.40. The number of benzene rings is 1. The van der Waals surface area contributed by atoms with Crippen molar-refractivity contribution in [2.45, 2.75) is 43.2 Å². The lowest BCUT2D eigenvalue weighted by molar-refractivity contribution is -0.126. The van der Waals surface area contributed by atoms with Crippen LogP contribution < -0.4 is 10.1 Å². The van der Waals surface area contributed by atoms with Gasteiger partial charge in [0, 0.05) is 12.3 Å². The standard InChI is InChI=1S/C18H24N4O2S/c1-13-20-17(22-21-13)25-12-11-19-16(23)18(9-3-4-10-18)14-5-7-15(24-2)8-6-14/h5-8H,3-4,9-12H2,1-2H3,(H,19,23)(H,20,21,22). The summed E-state index contributed by atoms with van der Waals surface area (Å²) in [5, 5.41) is 10.7. The zero-order chi connectivity index (χ0) is 17.7. The van der Waals surface area contributed by atoms with E-state index in [0.29, 0.717) is 6.54 Å². The summed E-state index contributed by atoms with van der Waals surface area (Å²) in [5.41, 5.74) is 0.679. The lowest BCUT2D eigenvalue weighted by atomic mass is 9.78. The number of rotatable bonds is 7. The molecule has 6 nitrogen and oxygen atoms in total. The van der Waals surface area contributed by atoms with Crippen molar-refractivity contribution in [3.63, 3.8) is 0 Å². The molecule has 2 aromatic rings. The maximum Gasteiger partial charge on any atom is 0.230 e. The molecule has 0 atom stereocenters. The second-order valence-electron chi connectivity index (χ2n) is 6.33. The van der Waals surface area contributed by atoms with Crippen molar-refractivity contribution in [3.8, 4) is 5.75 Å². The topological polar surface area (TPSA) is 79.9 Å². The summed E-state index contributed by atoms with van der Waals surface area (Å²) in [5.74, 6) is 2.50. The van der Waals surface area contributed by atoms with Crippen LogP contribution in [0.25, 0.3) is 0 Å². The average molecular weight is 360 g/mol. The molecule has 1 aliphatic carbocycles. The first-order chi connectivity index (χ1) is 12.1. The summed E-state index contributed by atoms with van der Waals surface area (Å²) in [7, 11) is 1.65. The fourth-order valence-corrected chi connectivity index (χ4v) is 4.10. The third-order valence-corrected chi connectivity index (χ3v) is 5.58. The van der Waals surface area contributed by atoms with Crippen molar-refractivity contribution in [3.05, 3.63) is 35.7 Å². The van der Waals surface area contributed by atoms with Gasteiger partial charge < -0.3 is 10.1 Å². The SMILES string of the molecule is COc1ccc(C2(C(=O)NCCSc3n[nH]c(C)n3)CCCC2)cc1. The van der Waals surface area contributed by atoms with Crippen LogP contribution in [0.5, 0.6) is 5.75 Å². The number of thioether (sulfide) groups is 1. The largest absolute Gasteiger partial charge is 0.497 e. The van der Waals surface area contributed by atoms with Gasteiger partial charge in [0.1, 0.15) is 11.6 Å². The maximum atomic E-state index is 12.9. The van der Waals surface area contributed by atoms with Crippen LogP contribution in [0.15, 0.2) is 29.4 Å². The summed E-state index contributed by atoms with van der Waals surface area (Å²) in [6.45, 7) is 2.48. The Morgan fingerprint density at radius 2 is 2.04 bits per heavy atom. The highest BCUT2D eigenvalue weighted by Crippen LogP contribution is 2.41. The molecule has 0 spiro atoms. The molecule has 1 aromatic heterocycles. The molecular weight excluding hydrogens is 336 g/mol. The summed E-state index contributed by atoms with van der Waals surface area (Å²) < 4.78 is 5.23. The Morgan fingerprint density at radius 3 is 2.64 bits per heavy atom. The third kappa shape index (κ3) is 3.98. The highest BCUT2D eigenvalue weighted by Gasteiger charge is 2.42. The average Bonchev–Trinajstić information content (AvgIpc) is 3.28. The number of carbonyl (C=O) groups is 1. The van der Waals surface area contributed by atoms with Crippen molar-refractivity contribution >= 4 is 17.7 Å². The lowest BCUT2D eigenvalue weighted by Gasteiger charge is -2.28. The molecule has 0 unspecified atom stereocenters. The van der Waals surface area contributed by atoms with E-state index in [4.69, 9.17) is 4.74 Å². The molecule has 1 aromatic carbocycles. The maximum absolute atomic E-state index is 12.9. The van der Waals surface area contributed by atoms with Crippen molar-refractivity contribution in [1.82, 2.24) is 20.5 Å². The van der Waals surface area contributed by atoms with Crippen molar-refractivity contribution < 1.29 is 9.53 Å². The first-order valence-corrected chi connectivity index (χ1v) is 9.57. The Bertz CT molecular complexity index is 708. The molecule has 0 radical (unpaired) electrons. The molecule has 7 heteroatoms. The monoisotopic (exact) mass is 360 g/mol. The van der Waals surface area contributed by atoms with E-state index < -0.39 is 5.41 Å². The number of carbonyl (C=O) groups excluding carboxylic acids is 1. The van der Waals surface area contributed by atoms with E-state index in [0.717, 1.165) is 53.7 Å². The highest BCUT2D eigenvalue weighted by atomic mass is 32.2. The Hall–Kier alpha value is -2.02. The first kappa shape index (κ1) is 17.8. The molecule has 3 rings (SSSR count). The van der Waals surface area contributed by atoms with Gasteiger partial charge in [0.2, 0.25) is 11.1 Å². The molecule has 2 N–H and O–H groups in total. The van der Waals surface area contributed by atoms with E-state index in [1.807, 2.05) is 31.2 Å². The third-order valence-electron chi connectivity index (χ3n) is 4.73.